The molecule has 4 N–H and O–H groups in total. The van der Waals surface area contributed by atoms with Crippen molar-refractivity contribution in [2.24, 2.45) is 0 Å². The van der Waals surface area contributed by atoms with Gasteiger partial charge >= 0.3 is 10.4 Å². The van der Waals surface area contributed by atoms with Crippen LogP contribution in [0.25, 0.3) is 0 Å². The predicted octanol–water partition coefficient (Wildman–Crippen LogP) is 0.449. The third kappa shape index (κ3) is 12.3. The van der Waals surface area contributed by atoms with Crippen LogP contribution < -0.4 is 10.6 Å². The number of aryl methyl sites for hydroxylation is 1. The number of sulfone groups is 1. The maximum atomic E-state index is 11.8. The van der Waals surface area contributed by atoms with E-state index in [0.29, 0.717) is 30.5 Å². The number of hydrogen-bond acceptors (Lipinski definition) is 13. The van der Waals surface area contributed by atoms with E-state index in [1.54, 1.807) is 12.1 Å². The van der Waals surface area contributed by atoms with Crippen LogP contribution in [0.4, 0.5) is 11.6 Å². The van der Waals surface area contributed by atoms with Crippen LogP contribution >= 0.6 is 12.3 Å². The first-order valence-corrected chi connectivity index (χ1v) is 11.5. The van der Waals surface area contributed by atoms with Gasteiger partial charge in [0.15, 0.2) is 22.2 Å². The summed E-state index contributed by atoms with van der Waals surface area (Å²) in [4.78, 5) is 4.27. The summed E-state index contributed by atoms with van der Waals surface area (Å²) in [5, 5.41) is 17.1. The molecule has 0 bridgehead atoms. The highest BCUT2D eigenvalue weighted by molar-refractivity contribution is 7.91. The molecule has 0 amide bonds. The second-order valence-corrected chi connectivity index (χ2v) is 9.11. The van der Waals surface area contributed by atoms with E-state index in [1.165, 1.54) is 0 Å². The van der Waals surface area contributed by atoms with Gasteiger partial charge in [-0.25, -0.2) is 22.8 Å². The maximum Gasteiger partial charge on any atom is 0.397 e. The molecule has 1 aromatic rings. The molecule has 0 aliphatic rings. The van der Waals surface area contributed by atoms with Gasteiger partial charge in [-0.05, 0) is 24.6 Å². The molecule has 0 aliphatic heterocycles. The summed E-state index contributed by atoms with van der Waals surface area (Å²) in [7, 11) is -8.25. The average molecular weight is 464 g/mol. The van der Waals surface area contributed by atoms with E-state index < -0.39 is 32.6 Å². The van der Waals surface area contributed by atoms with Gasteiger partial charge in [0, 0.05) is 13.1 Å². The van der Waals surface area contributed by atoms with Crippen LogP contribution in [0.15, 0.2) is 12.1 Å². The first-order chi connectivity index (χ1) is 13.1. The van der Waals surface area contributed by atoms with Crippen molar-refractivity contribution in [1.29, 1.82) is 0 Å². The molecular formula is C12H21N3O10S3. The van der Waals surface area contributed by atoms with Gasteiger partial charge < -0.3 is 10.6 Å². The zero-order valence-corrected chi connectivity index (χ0v) is 17.2. The quantitative estimate of drug-likeness (QED) is 0.0924. The summed E-state index contributed by atoms with van der Waals surface area (Å²) in [5.41, 5.74) is 0.872. The van der Waals surface area contributed by atoms with Crippen molar-refractivity contribution in [2.45, 2.75) is 6.92 Å². The van der Waals surface area contributed by atoms with E-state index in [0.717, 1.165) is 5.56 Å². The Labute approximate surface area is 166 Å². The summed E-state index contributed by atoms with van der Waals surface area (Å²) < 4.78 is 65.7. The fraction of sp³-hybridized carbons (Fsp3) is 0.583. The molecule has 1 aromatic heterocycles. The molecule has 162 valence electrons. The largest absolute Gasteiger partial charge is 0.397 e. The lowest BCUT2D eigenvalue weighted by Gasteiger charge is -2.11. The van der Waals surface area contributed by atoms with Gasteiger partial charge in [-0.2, -0.15) is 8.42 Å². The first kappa shape index (κ1) is 24.8. The van der Waals surface area contributed by atoms with Crippen molar-refractivity contribution < 1.29 is 44.4 Å². The monoisotopic (exact) mass is 463 g/mol. The van der Waals surface area contributed by atoms with Gasteiger partial charge in [-0.3, -0.25) is 8.74 Å². The van der Waals surface area contributed by atoms with Crippen molar-refractivity contribution in [1.82, 2.24) is 4.98 Å². The van der Waals surface area contributed by atoms with Crippen LogP contribution in [-0.2, 0) is 38.0 Å². The second kappa shape index (κ2) is 12.3. The Bertz CT molecular complexity index is 803. The van der Waals surface area contributed by atoms with E-state index in [9.17, 15) is 16.8 Å². The number of nitrogens with one attached hydrogen (secondary N) is 2. The zero-order valence-electron chi connectivity index (χ0n) is 14.7. The van der Waals surface area contributed by atoms with Crippen LogP contribution in [0.5, 0.6) is 0 Å². The molecule has 0 saturated carbocycles. The van der Waals surface area contributed by atoms with Crippen LogP contribution in [-0.4, -0.2) is 69.4 Å². The van der Waals surface area contributed by atoms with Crippen molar-refractivity contribution in [2.75, 3.05) is 48.4 Å². The smallest absolute Gasteiger partial charge is 0.369 e. The van der Waals surface area contributed by atoms with Gasteiger partial charge in [-0.15, -0.1) is 4.33 Å². The van der Waals surface area contributed by atoms with E-state index in [4.69, 9.17) is 14.0 Å². The van der Waals surface area contributed by atoms with E-state index >= 15 is 0 Å². The second-order valence-electron chi connectivity index (χ2n) is 5.20. The van der Waals surface area contributed by atoms with Crippen molar-refractivity contribution in [3.63, 3.8) is 0 Å². The first-order valence-electron chi connectivity index (χ1n) is 7.66. The fourth-order valence-corrected chi connectivity index (χ4v) is 3.41. The molecule has 13 nitrogen and oxygen atoms in total. The summed E-state index contributed by atoms with van der Waals surface area (Å²) in [5.74, 6) is 0.142. The van der Waals surface area contributed by atoms with Crippen LogP contribution in [0.3, 0.4) is 0 Å². The van der Waals surface area contributed by atoms with E-state index in [2.05, 4.69) is 29.2 Å². The van der Waals surface area contributed by atoms with Crippen molar-refractivity contribution >= 4 is 44.2 Å². The number of anilines is 2. The standard InChI is InChI=1S/C12H21N3O10S3/c1-10-8-11(13-2-4-22-26-25-24-16)15-12(9-10)14-3-6-27(17,18)7-5-23-28(19,20)21/h8-9,16H,2-7H2,1H3,(H2,13,14,15)(H,19,20,21). The predicted molar refractivity (Wildman–Crippen MR) is 100 cm³/mol. The molecule has 0 unspecified atom stereocenters. The molecule has 1 rings (SSSR count). The number of pyridine rings is 1. The normalized spacial score (nSPS) is 12.1. The Morgan fingerprint density at radius 2 is 1.71 bits per heavy atom. The highest BCUT2D eigenvalue weighted by atomic mass is 32.3. The third-order valence-electron chi connectivity index (χ3n) is 2.91. The molecule has 0 atom stereocenters. The molecule has 0 spiro atoms. The van der Waals surface area contributed by atoms with Crippen LogP contribution in [0.2, 0.25) is 0 Å². The molecule has 16 heteroatoms. The molecule has 0 aliphatic carbocycles. The lowest BCUT2D eigenvalue weighted by atomic mass is 10.3. The van der Waals surface area contributed by atoms with Crippen molar-refractivity contribution in [3.05, 3.63) is 17.7 Å². The minimum absolute atomic E-state index is 0.0440. The van der Waals surface area contributed by atoms with Crippen molar-refractivity contribution in [3.8, 4) is 0 Å². The lowest BCUT2D eigenvalue weighted by Crippen LogP contribution is -2.22. The van der Waals surface area contributed by atoms with Gasteiger partial charge in [0.25, 0.3) is 0 Å². The van der Waals surface area contributed by atoms with E-state index in [1.807, 2.05) is 6.92 Å². The van der Waals surface area contributed by atoms with E-state index in [-0.39, 0.29) is 18.9 Å². The molecule has 28 heavy (non-hydrogen) atoms. The Morgan fingerprint density at radius 1 is 1.07 bits per heavy atom. The Hall–Kier alpha value is -1.24. The molecule has 1 heterocycles. The Balaban J connectivity index is 2.42. The Morgan fingerprint density at radius 3 is 2.32 bits per heavy atom. The SMILES string of the molecule is Cc1cc(NCCOSOOO)nc(NCCS(=O)(=O)CCOS(=O)(=O)O)c1. The maximum absolute atomic E-state index is 11.8. The third-order valence-corrected chi connectivity index (χ3v) is 5.37. The Kier molecular flexibility index (Phi) is 10.9. The summed E-state index contributed by atoms with van der Waals surface area (Å²) >= 11 is 0.457. The summed E-state index contributed by atoms with van der Waals surface area (Å²) in [6.45, 7) is 1.81. The van der Waals surface area contributed by atoms with Gasteiger partial charge in [-0.1, -0.05) is 5.04 Å². The minimum atomic E-state index is -4.67. The summed E-state index contributed by atoms with van der Waals surface area (Å²) in [6.07, 6.45) is 0. The average Bonchev–Trinajstić information content (AvgIpc) is 2.56. The van der Waals surface area contributed by atoms with Crippen LogP contribution in [0.1, 0.15) is 5.56 Å². The highest BCUT2D eigenvalue weighted by Crippen LogP contribution is 2.13. The lowest BCUT2D eigenvalue weighted by molar-refractivity contribution is -0.434. The summed E-state index contributed by atoms with van der Waals surface area (Å²) in [6, 6.07) is 3.49. The molecule has 0 aromatic carbocycles. The number of hydrogen-bond donors (Lipinski definition) is 4. The molecule has 0 saturated heterocycles. The van der Waals surface area contributed by atoms with Gasteiger partial charge in [0.2, 0.25) is 0 Å². The molecule has 0 radical (unpaired) electrons. The number of nitrogens with zero attached hydrogens (tertiary/aromatic N) is 1. The fourth-order valence-electron chi connectivity index (χ4n) is 1.84. The van der Waals surface area contributed by atoms with Crippen LogP contribution in [0, 0.1) is 6.92 Å². The topological polar surface area (TPSA) is 183 Å². The minimum Gasteiger partial charge on any atom is -0.369 e. The molecular weight excluding hydrogens is 442 g/mol. The highest BCUT2D eigenvalue weighted by Gasteiger charge is 2.13. The number of aromatic nitrogens is 1. The zero-order chi connectivity index (χ0) is 21.0. The number of rotatable bonds is 15. The molecule has 0 fully saturated rings. The van der Waals surface area contributed by atoms with Gasteiger partial charge in [0.05, 0.1) is 24.7 Å². The van der Waals surface area contributed by atoms with Gasteiger partial charge in [0.1, 0.15) is 11.6 Å².